The monoisotopic (exact) mass is 317 g/mol. The first-order valence-corrected chi connectivity index (χ1v) is 7.16. The third-order valence-corrected chi connectivity index (χ3v) is 2.39. The summed E-state index contributed by atoms with van der Waals surface area (Å²) in [7, 11) is 0. The van der Waals surface area contributed by atoms with E-state index in [2.05, 4.69) is 5.32 Å². The predicted molar refractivity (Wildman–Crippen MR) is 80.4 cm³/mol. The second-order valence-corrected chi connectivity index (χ2v) is 7.21. The largest absolute Gasteiger partial charge is 0.481 e. The van der Waals surface area contributed by atoms with Crippen LogP contribution in [0.5, 0.6) is 0 Å². The van der Waals surface area contributed by atoms with Crippen LogP contribution < -0.4 is 5.32 Å². The van der Waals surface area contributed by atoms with Gasteiger partial charge < -0.3 is 19.9 Å². The van der Waals surface area contributed by atoms with Crippen molar-refractivity contribution >= 4 is 18.0 Å². The lowest BCUT2D eigenvalue weighted by Gasteiger charge is -2.26. The number of hydrogen-bond donors (Lipinski definition) is 2. The number of aliphatic carboxylic acids is 1. The van der Waals surface area contributed by atoms with Gasteiger partial charge in [0.25, 0.3) is 0 Å². The zero-order valence-corrected chi connectivity index (χ0v) is 14.4. The third kappa shape index (κ3) is 9.20. The van der Waals surface area contributed by atoms with Crippen LogP contribution in [0, 0.1) is 5.92 Å². The average Bonchev–Trinajstić information content (AvgIpc) is 2.22. The third-order valence-electron chi connectivity index (χ3n) is 2.39. The fourth-order valence-corrected chi connectivity index (χ4v) is 1.49. The molecule has 22 heavy (non-hydrogen) atoms. The smallest absolute Gasteiger partial charge is 0.408 e. The number of carbonyl (C=O) groups is 3. The summed E-state index contributed by atoms with van der Waals surface area (Å²) in [5.41, 5.74) is -1.46. The van der Waals surface area contributed by atoms with Gasteiger partial charge in [0.1, 0.15) is 17.2 Å². The topological polar surface area (TPSA) is 102 Å². The number of carbonyl (C=O) groups excluding carboxylic acids is 2. The highest BCUT2D eigenvalue weighted by Gasteiger charge is 2.31. The Morgan fingerprint density at radius 1 is 1.00 bits per heavy atom. The van der Waals surface area contributed by atoms with E-state index in [1.165, 1.54) is 6.92 Å². The molecule has 0 aromatic rings. The van der Waals surface area contributed by atoms with E-state index in [-0.39, 0.29) is 6.42 Å². The van der Waals surface area contributed by atoms with Gasteiger partial charge in [-0.3, -0.25) is 4.79 Å². The van der Waals surface area contributed by atoms with E-state index in [1.807, 2.05) is 0 Å². The molecule has 0 fully saturated rings. The summed E-state index contributed by atoms with van der Waals surface area (Å²) in [5.74, 6) is -2.56. The molecule has 0 radical (unpaired) electrons. The lowest BCUT2D eigenvalue weighted by molar-refractivity contribution is -0.158. The molecular formula is C15H27NO6. The summed E-state index contributed by atoms with van der Waals surface area (Å²) < 4.78 is 10.3. The number of carboxylic acids is 1. The van der Waals surface area contributed by atoms with Gasteiger partial charge in [-0.2, -0.15) is 0 Å². The van der Waals surface area contributed by atoms with Crippen LogP contribution in [0.2, 0.25) is 0 Å². The number of esters is 1. The van der Waals surface area contributed by atoms with Crippen LogP contribution in [0.3, 0.4) is 0 Å². The molecule has 0 rings (SSSR count). The molecule has 0 aromatic carbocycles. The van der Waals surface area contributed by atoms with E-state index in [0.29, 0.717) is 0 Å². The minimum absolute atomic E-state index is 0.0799. The SMILES string of the molecule is CC(CC(NC(=O)OC(C)(C)C)C(=O)OC(C)(C)C)C(=O)O. The number of carboxylic acid groups (broad SMARTS) is 1. The maximum absolute atomic E-state index is 12.1. The van der Waals surface area contributed by atoms with Crippen LogP contribution >= 0.6 is 0 Å². The van der Waals surface area contributed by atoms with Gasteiger partial charge in [0, 0.05) is 0 Å². The summed E-state index contributed by atoms with van der Waals surface area (Å²) in [6.45, 7) is 11.6. The van der Waals surface area contributed by atoms with Crippen molar-refractivity contribution in [2.24, 2.45) is 5.92 Å². The molecule has 0 aliphatic rings. The van der Waals surface area contributed by atoms with Gasteiger partial charge in [0.2, 0.25) is 0 Å². The Morgan fingerprint density at radius 2 is 1.45 bits per heavy atom. The van der Waals surface area contributed by atoms with E-state index < -0.39 is 41.2 Å². The van der Waals surface area contributed by atoms with Crippen molar-refractivity contribution in [3.8, 4) is 0 Å². The molecule has 0 heterocycles. The summed E-state index contributed by atoms with van der Waals surface area (Å²) in [6, 6.07) is -1.08. The molecule has 0 aliphatic heterocycles. The van der Waals surface area contributed by atoms with Gasteiger partial charge in [0.05, 0.1) is 5.92 Å². The molecule has 7 heteroatoms. The van der Waals surface area contributed by atoms with Gasteiger partial charge in [-0.15, -0.1) is 0 Å². The van der Waals surface area contributed by atoms with Gasteiger partial charge in [0.15, 0.2) is 0 Å². The van der Waals surface area contributed by atoms with Crippen LogP contribution in [-0.4, -0.2) is 40.4 Å². The van der Waals surface area contributed by atoms with Crippen molar-refractivity contribution in [2.75, 3.05) is 0 Å². The first-order chi connectivity index (χ1) is 9.71. The molecule has 7 nitrogen and oxygen atoms in total. The van der Waals surface area contributed by atoms with Crippen LogP contribution in [-0.2, 0) is 19.1 Å². The van der Waals surface area contributed by atoms with Crippen LogP contribution in [0.4, 0.5) is 4.79 Å². The Labute approximate surface area is 131 Å². The fourth-order valence-electron chi connectivity index (χ4n) is 1.49. The Kier molecular flexibility index (Phi) is 6.86. The van der Waals surface area contributed by atoms with Crippen molar-refractivity contribution in [1.29, 1.82) is 0 Å². The number of rotatable bonds is 5. The fraction of sp³-hybridized carbons (Fsp3) is 0.800. The van der Waals surface area contributed by atoms with Crippen molar-refractivity contribution in [1.82, 2.24) is 5.32 Å². The predicted octanol–water partition coefficient (Wildman–Crippen LogP) is 2.33. The highest BCUT2D eigenvalue weighted by molar-refractivity contribution is 5.82. The van der Waals surface area contributed by atoms with Gasteiger partial charge in [-0.25, -0.2) is 9.59 Å². The van der Waals surface area contributed by atoms with E-state index in [1.54, 1.807) is 41.5 Å². The molecule has 0 aromatic heterocycles. The lowest BCUT2D eigenvalue weighted by Crippen LogP contribution is -2.47. The molecule has 0 aliphatic carbocycles. The number of nitrogens with one attached hydrogen (secondary N) is 1. The minimum Gasteiger partial charge on any atom is -0.481 e. The van der Waals surface area contributed by atoms with E-state index in [0.717, 1.165) is 0 Å². The second-order valence-electron chi connectivity index (χ2n) is 7.21. The van der Waals surface area contributed by atoms with Crippen LogP contribution in [0.1, 0.15) is 54.9 Å². The number of amides is 1. The molecule has 0 bridgehead atoms. The first kappa shape index (κ1) is 20.2. The van der Waals surface area contributed by atoms with E-state index >= 15 is 0 Å². The quantitative estimate of drug-likeness (QED) is 0.755. The average molecular weight is 317 g/mol. The minimum atomic E-state index is -1.08. The standard InChI is InChI=1S/C15H27NO6/c1-9(11(17)18)8-10(12(19)21-14(2,3)4)16-13(20)22-15(5,6)7/h9-10H,8H2,1-7H3,(H,16,20)(H,17,18). The second kappa shape index (κ2) is 7.47. The zero-order chi connectivity index (χ0) is 17.7. The van der Waals surface area contributed by atoms with Gasteiger partial charge in [-0.05, 0) is 48.0 Å². The van der Waals surface area contributed by atoms with Crippen LogP contribution in [0.15, 0.2) is 0 Å². The Balaban J connectivity index is 4.97. The highest BCUT2D eigenvalue weighted by atomic mass is 16.6. The van der Waals surface area contributed by atoms with Crippen molar-refractivity contribution < 1.29 is 29.0 Å². The van der Waals surface area contributed by atoms with Crippen LogP contribution in [0.25, 0.3) is 0 Å². The Morgan fingerprint density at radius 3 is 1.82 bits per heavy atom. The Hall–Kier alpha value is -1.79. The molecule has 2 unspecified atom stereocenters. The number of ether oxygens (including phenoxy) is 2. The van der Waals surface area contributed by atoms with Crippen molar-refractivity contribution in [2.45, 2.75) is 72.1 Å². The maximum atomic E-state index is 12.1. The number of alkyl carbamates (subject to hydrolysis) is 1. The molecule has 128 valence electrons. The van der Waals surface area contributed by atoms with E-state index in [9.17, 15) is 14.4 Å². The molecule has 2 N–H and O–H groups in total. The maximum Gasteiger partial charge on any atom is 0.408 e. The molecular weight excluding hydrogens is 290 g/mol. The summed E-state index contributed by atoms with van der Waals surface area (Å²) in [4.78, 5) is 34.9. The summed E-state index contributed by atoms with van der Waals surface area (Å²) in [5, 5.41) is 11.4. The lowest BCUT2D eigenvalue weighted by atomic mass is 10.0. The number of hydrogen-bond acceptors (Lipinski definition) is 5. The first-order valence-electron chi connectivity index (χ1n) is 7.16. The highest BCUT2D eigenvalue weighted by Crippen LogP contribution is 2.14. The van der Waals surface area contributed by atoms with E-state index in [4.69, 9.17) is 14.6 Å². The van der Waals surface area contributed by atoms with Crippen molar-refractivity contribution in [3.05, 3.63) is 0 Å². The molecule has 0 saturated heterocycles. The van der Waals surface area contributed by atoms with Gasteiger partial charge >= 0.3 is 18.0 Å². The van der Waals surface area contributed by atoms with Crippen molar-refractivity contribution in [3.63, 3.8) is 0 Å². The Bertz CT molecular complexity index is 419. The normalized spacial score (nSPS) is 14.7. The summed E-state index contributed by atoms with van der Waals surface area (Å²) in [6.07, 6.45) is -0.871. The molecule has 2 atom stereocenters. The molecule has 0 spiro atoms. The summed E-state index contributed by atoms with van der Waals surface area (Å²) >= 11 is 0. The zero-order valence-electron chi connectivity index (χ0n) is 14.4. The molecule has 1 amide bonds. The van der Waals surface area contributed by atoms with Gasteiger partial charge in [-0.1, -0.05) is 6.92 Å². The molecule has 0 saturated carbocycles.